The molecule has 1 aromatic rings. The molecule has 0 aliphatic rings. The van der Waals surface area contributed by atoms with Crippen LogP contribution < -0.4 is 5.73 Å². The van der Waals surface area contributed by atoms with Crippen LogP contribution in [0.2, 0.25) is 0 Å². The van der Waals surface area contributed by atoms with E-state index in [0.717, 1.165) is 25.7 Å². The molecule has 0 aliphatic carbocycles. The summed E-state index contributed by atoms with van der Waals surface area (Å²) in [6.07, 6.45) is 6.80. The second-order valence-corrected chi connectivity index (χ2v) is 4.56. The highest BCUT2D eigenvalue weighted by atomic mass is 16.1. The van der Waals surface area contributed by atoms with Crippen molar-refractivity contribution < 1.29 is 9.59 Å². The van der Waals surface area contributed by atoms with Gasteiger partial charge in [-0.15, -0.1) is 0 Å². The van der Waals surface area contributed by atoms with Gasteiger partial charge in [-0.25, -0.2) is 19.6 Å². The van der Waals surface area contributed by atoms with E-state index in [1.165, 1.54) is 17.7 Å². The summed E-state index contributed by atoms with van der Waals surface area (Å²) in [5.41, 5.74) is 6.81. The van der Waals surface area contributed by atoms with Crippen LogP contribution in [0.3, 0.4) is 0 Å². The predicted octanol–water partition coefficient (Wildman–Crippen LogP) is 2.92. The summed E-state index contributed by atoms with van der Waals surface area (Å²) >= 11 is 0. The molecule has 5 heteroatoms. The van der Waals surface area contributed by atoms with Gasteiger partial charge in [0.15, 0.2) is 0 Å². The van der Waals surface area contributed by atoms with E-state index >= 15 is 0 Å². The van der Waals surface area contributed by atoms with E-state index in [1.54, 1.807) is 0 Å². The van der Waals surface area contributed by atoms with Gasteiger partial charge in [-0.05, 0) is 25.3 Å². The number of unbranched alkanes of at least 4 members (excludes halogenated alkanes) is 3. The summed E-state index contributed by atoms with van der Waals surface area (Å²) in [5, 5.41) is 0. The van der Waals surface area contributed by atoms with Crippen LogP contribution in [-0.2, 0) is 9.59 Å². The Morgan fingerprint density at radius 2 is 1.43 bits per heavy atom. The van der Waals surface area contributed by atoms with Gasteiger partial charge in [-0.3, -0.25) is 0 Å². The zero-order valence-electron chi connectivity index (χ0n) is 12.5. The van der Waals surface area contributed by atoms with E-state index in [2.05, 4.69) is 9.98 Å². The normalized spacial score (nSPS) is 10.4. The number of hydrogen-bond donors (Lipinski definition) is 1. The SMILES string of the molecule is C[C@H](N)c1ccccc1.O=C=NCCCCCCN=C=O. The van der Waals surface area contributed by atoms with E-state index in [0.29, 0.717) is 13.1 Å². The van der Waals surface area contributed by atoms with E-state index in [-0.39, 0.29) is 6.04 Å². The summed E-state index contributed by atoms with van der Waals surface area (Å²) in [6, 6.07) is 10.2. The quantitative estimate of drug-likeness (QED) is 0.453. The zero-order valence-corrected chi connectivity index (χ0v) is 12.5. The lowest BCUT2D eigenvalue weighted by Gasteiger charge is -2.02. The molecule has 1 atom stereocenters. The molecular weight excluding hydrogens is 266 g/mol. The van der Waals surface area contributed by atoms with Crippen LogP contribution in [0.15, 0.2) is 40.3 Å². The van der Waals surface area contributed by atoms with Crippen LogP contribution in [-0.4, -0.2) is 25.2 Å². The Labute approximate surface area is 126 Å². The first kappa shape index (κ1) is 18.9. The third-order valence-electron chi connectivity index (χ3n) is 2.74. The Morgan fingerprint density at radius 3 is 1.76 bits per heavy atom. The molecule has 5 nitrogen and oxygen atoms in total. The number of nitrogens with two attached hydrogens (primary N) is 1. The summed E-state index contributed by atoms with van der Waals surface area (Å²) in [7, 11) is 0. The Hall–Kier alpha value is -2.06. The van der Waals surface area contributed by atoms with Gasteiger partial charge in [0.25, 0.3) is 0 Å². The molecule has 2 N–H and O–H groups in total. The molecule has 114 valence electrons. The van der Waals surface area contributed by atoms with Gasteiger partial charge in [-0.1, -0.05) is 43.2 Å². The molecule has 0 saturated heterocycles. The summed E-state index contributed by atoms with van der Waals surface area (Å²) < 4.78 is 0. The zero-order chi connectivity index (χ0) is 15.8. The first-order chi connectivity index (χ1) is 10.2. The molecule has 0 aromatic heterocycles. The molecule has 0 amide bonds. The fourth-order valence-electron chi connectivity index (χ4n) is 1.58. The number of rotatable bonds is 8. The smallest absolute Gasteiger partial charge is 0.234 e. The van der Waals surface area contributed by atoms with Gasteiger partial charge < -0.3 is 5.73 Å². The summed E-state index contributed by atoms with van der Waals surface area (Å²) in [5.74, 6) is 0. The lowest BCUT2D eigenvalue weighted by Crippen LogP contribution is -2.03. The third-order valence-corrected chi connectivity index (χ3v) is 2.74. The van der Waals surface area contributed by atoms with Gasteiger partial charge in [0.2, 0.25) is 12.2 Å². The van der Waals surface area contributed by atoms with Crippen LogP contribution in [0.4, 0.5) is 0 Å². The first-order valence-electron chi connectivity index (χ1n) is 7.10. The maximum Gasteiger partial charge on any atom is 0.234 e. The van der Waals surface area contributed by atoms with Crippen molar-refractivity contribution in [2.45, 2.75) is 38.6 Å². The van der Waals surface area contributed by atoms with Gasteiger partial charge >= 0.3 is 0 Å². The molecule has 1 aromatic carbocycles. The van der Waals surface area contributed by atoms with E-state index in [1.807, 2.05) is 37.3 Å². The van der Waals surface area contributed by atoms with Crippen molar-refractivity contribution in [3.63, 3.8) is 0 Å². The Morgan fingerprint density at radius 1 is 0.952 bits per heavy atom. The monoisotopic (exact) mass is 289 g/mol. The summed E-state index contributed by atoms with van der Waals surface area (Å²) in [4.78, 5) is 26.1. The fourth-order valence-corrected chi connectivity index (χ4v) is 1.58. The van der Waals surface area contributed by atoms with Crippen LogP contribution in [0, 0.1) is 0 Å². The lowest BCUT2D eigenvalue weighted by atomic mass is 10.1. The summed E-state index contributed by atoms with van der Waals surface area (Å²) in [6.45, 7) is 3.09. The molecule has 0 bridgehead atoms. The second-order valence-electron chi connectivity index (χ2n) is 4.56. The van der Waals surface area contributed by atoms with E-state index in [9.17, 15) is 9.59 Å². The minimum Gasteiger partial charge on any atom is -0.324 e. The molecule has 0 saturated carbocycles. The number of benzene rings is 1. The van der Waals surface area contributed by atoms with E-state index in [4.69, 9.17) is 5.73 Å². The molecule has 0 unspecified atom stereocenters. The Balaban J connectivity index is 0.000000394. The van der Waals surface area contributed by atoms with Crippen molar-refractivity contribution in [2.75, 3.05) is 13.1 Å². The van der Waals surface area contributed by atoms with E-state index < -0.39 is 0 Å². The van der Waals surface area contributed by atoms with Crippen molar-refractivity contribution in [1.29, 1.82) is 0 Å². The van der Waals surface area contributed by atoms with Crippen molar-refractivity contribution in [1.82, 2.24) is 0 Å². The highest BCUT2D eigenvalue weighted by Gasteiger charge is 1.93. The highest BCUT2D eigenvalue weighted by molar-refractivity contribution is 5.32. The highest BCUT2D eigenvalue weighted by Crippen LogP contribution is 2.06. The molecular formula is C16H23N3O2. The van der Waals surface area contributed by atoms with Crippen molar-refractivity contribution >= 4 is 12.2 Å². The fraction of sp³-hybridized carbons (Fsp3) is 0.500. The number of aliphatic imine (C=N–C) groups is 2. The van der Waals surface area contributed by atoms with Crippen molar-refractivity contribution in [2.24, 2.45) is 15.7 Å². The molecule has 21 heavy (non-hydrogen) atoms. The van der Waals surface area contributed by atoms with Crippen LogP contribution in [0.1, 0.15) is 44.2 Å². The molecule has 0 aliphatic heterocycles. The molecule has 0 heterocycles. The largest absolute Gasteiger partial charge is 0.324 e. The maximum atomic E-state index is 9.63. The molecule has 1 rings (SSSR count). The first-order valence-corrected chi connectivity index (χ1v) is 7.10. The standard InChI is InChI=1S/C8H12N2O2.C8H11N/c11-7-9-5-3-1-2-4-6-10-8-12;1-7(9)8-5-3-2-4-6-8/h1-6H2;2-7H,9H2,1H3/t;7-/m.0/s1. The van der Waals surface area contributed by atoms with Crippen LogP contribution in [0.25, 0.3) is 0 Å². The number of hydrogen-bond acceptors (Lipinski definition) is 5. The number of isocyanates is 2. The molecule has 0 fully saturated rings. The Kier molecular flexibility index (Phi) is 12.9. The van der Waals surface area contributed by atoms with Gasteiger partial charge in [0.1, 0.15) is 0 Å². The van der Waals surface area contributed by atoms with Crippen molar-refractivity contribution in [3.05, 3.63) is 35.9 Å². The third kappa shape index (κ3) is 12.7. The van der Waals surface area contributed by atoms with Crippen LogP contribution >= 0.6 is 0 Å². The topological polar surface area (TPSA) is 84.9 Å². The maximum absolute atomic E-state index is 9.63. The lowest BCUT2D eigenvalue weighted by molar-refractivity contribution is 0.558. The van der Waals surface area contributed by atoms with Gasteiger partial charge in [0, 0.05) is 6.04 Å². The predicted molar refractivity (Wildman–Crippen MR) is 83.5 cm³/mol. The van der Waals surface area contributed by atoms with Gasteiger partial charge in [-0.2, -0.15) is 0 Å². The van der Waals surface area contributed by atoms with Gasteiger partial charge in [0.05, 0.1) is 13.1 Å². The minimum absolute atomic E-state index is 0.159. The average molecular weight is 289 g/mol. The minimum atomic E-state index is 0.159. The average Bonchev–Trinajstić information content (AvgIpc) is 2.51. The number of carbonyl (C=O) groups excluding carboxylic acids is 2. The molecule has 0 radical (unpaired) electrons. The van der Waals surface area contributed by atoms with Crippen molar-refractivity contribution in [3.8, 4) is 0 Å². The molecule has 0 spiro atoms. The second kappa shape index (κ2) is 14.4. The number of nitrogens with zero attached hydrogens (tertiary/aromatic N) is 2. The van der Waals surface area contributed by atoms with Crippen LogP contribution in [0.5, 0.6) is 0 Å². The Bertz CT molecular complexity index is 426.